The van der Waals surface area contributed by atoms with E-state index in [2.05, 4.69) is 5.32 Å². The summed E-state index contributed by atoms with van der Waals surface area (Å²) in [4.78, 5) is 11.6. The molecule has 0 aromatic heterocycles. The molecule has 15 heavy (non-hydrogen) atoms. The van der Waals surface area contributed by atoms with E-state index in [1.807, 2.05) is 13.0 Å². The van der Waals surface area contributed by atoms with Crippen LogP contribution in [0.1, 0.15) is 17.3 Å². The fourth-order valence-corrected chi connectivity index (χ4v) is 1.29. The second-order valence-electron chi connectivity index (χ2n) is 2.87. The van der Waals surface area contributed by atoms with Gasteiger partial charge in [-0.05, 0) is 19.1 Å². The third-order valence-electron chi connectivity index (χ3n) is 1.81. The van der Waals surface area contributed by atoms with Crippen LogP contribution in [0.25, 0.3) is 0 Å². The summed E-state index contributed by atoms with van der Waals surface area (Å²) in [6.45, 7) is 2.88. The lowest BCUT2D eigenvalue weighted by Gasteiger charge is -2.09. The van der Waals surface area contributed by atoms with Crippen molar-refractivity contribution < 1.29 is 9.53 Å². The Morgan fingerprint density at radius 3 is 2.87 bits per heavy atom. The number of alkyl halides is 1. The Bertz CT molecular complexity index is 328. The molecule has 1 rings (SSSR count). The first-order valence-corrected chi connectivity index (χ1v) is 5.39. The standard InChI is InChI=1S/C11H14ClNO2/c1-2-15-10-6-4-3-5-9(10)11(14)13-8-7-12/h3-6H,2,7-8H2,1H3,(H,13,14). The molecular weight excluding hydrogens is 214 g/mol. The number of amides is 1. The van der Waals surface area contributed by atoms with Gasteiger partial charge in [0.15, 0.2) is 0 Å². The molecule has 0 atom stereocenters. The van der Waals surface area contributed by atoms with Gasteiger partial charge in [0.2, 0.25) is 0 Å². The molecule has 1 aromatic carbocycles. The second-order valence-corrected chi connectivity index (χ2v) is 3.25. The van der Waals surface area contributed by atoms with Crippen molar-refractivity contribution in [2.75, 3.05) is 19.0 Å². The van der Waals surface area contributed by atoms with Crippen LogP contribution in [-0.4, -0.2) is 24.9 Å². The van der Waals surface area contributed by atoms with Crippen LogP contribution < -0.4 is 10.1 Å². The highest BCUT2D eigenvalue weighted by atomic mass is 35.5. The molecule has 0 saturated carbocycles. The van der Waals surface area contributed by atoms with Gasteiger partial charge >= 0.3 is 0 Å². The Hall–Kier alpha value is -1.22. The molecule has 0 radical (unpaired) electrons. The molecule has 0 aliphatic heterocycles. The summed E-state index contributed by atoms with van der Waals surface area (Å²) in [7, 11) is 0. The molecule has 0 spiro atoms. The first-order chi connectivity index (χ1) is 7.29. The zero-order valence-electron chi connectivity index (χ0n) is 8.63. The Labute approximate surface area is 94.4 Å². The maximum atomic E-state index is 11.6. The number of para-hydroxylation sites is 1. The topological polar surface area (TPSA) is 38.3 Å². The molecule has 0 bridgehead atoms. The fourth-order valence-electron chi connectivity index (χ4n) is 1.19. The summed E-state index contributed by atoms with van der Waals surface area (Å²) < 4.78 is 5.34. The van der Waals surface area contributed by atoms with E-state index in [0.29, 0.717) is 30.3 Å². The van der Waals surface area contributed by atoms with Crippen molar-refractivity contribution in [1.82, 2.24) is 5.32 Å². The molecule has 0 heterocycles. The molecule has 0 aliphatic rings. The lowest BCUT2D eigenvalue weighted by atomic mass is 10.2. The Morgan fingerprint density at radius 1 is 1.47 bits per heavy atom. The molecule has 0 fully saturated rings. The van der Waals surface area contributed by atoms with Crippen LogP contribution in [0.4, 0.5) is 0 Å². The fraction of sp³-hybridized carbons (Fsp3) is 0.364. The summed E-state index contributed by atoms with van der Waals surface area (Å²) in [6, 6.07) is 7.15. The summed E-state index contributed by atoms with van der Waals surface area (Å²) in [5, 5.41) is 2.70. The van der Waals surface area contributed by atoms with E-state index in [1.54, 1.807) is 18.2 Å². The highest BCUT2D eigenvalue weighted by molar-refractivity contribution is 6.18. The quantitative estimate of drug-likeness (QED) is 0.782. The average Bonchev–Trinajstić information content (AvgIpc) is 2.27. The van der Waals surface area contributed by atoms with Crippen molar-refractivity contribution in [3.8, 4) is 5.75 Å². The third-order valence-corrected chi connectivity index (χ3v) is 2.00. The van der Waals surface area contributed by atoms with Gasteiger partial charge in [0.1, 0.15) is 5.75 Å². The Kier molecular flexibility index (Phi) is 4.98. The molecule has 0 unspecified atom stereocenters. The van der Waals surface area contributed by atoms with Crippen LogP contribution >= 0.6 is 11.6 Å². The second kappa shape index (κ2) is 6.30. The van der Waals surface area contributed by atoms with Gasteiger partial charge in [-0.15, -0.1) is 11.6 Å². The molecule has 3 nitrogen and oxygen atoms in total. The molecule has 1 aromatic rings. The minimum Gasteiger partial charge on any atom is -0.493 e. The lowest BCUT2D eigenvalue weighted by molar-refractivity contribution is 0.0952. The monoisotopic (exact) mass is 227 g/mol. The number of nitrogens with one attached hydrogen (secondary N) is 1. The van der Waals surface area contributed by atoms with Crippen LogP contribution in [0.5, 0.6) is 5.75 Å². The van der Waals surface area contributed by atoms with Gasteiger partial charge in [0, 0.05) is 12.4 Å². The number of hydrogen-bond acceptors (Lipinski definition) is 2. The highest BCUT2D eigenvalue weighted by Gasteiger charge is 2.10. The zero-order chi connectivity index (χ0) is 11.1. The van der Waals surface area contributed by atoms with Gasteiger partial charge in [0.05, 0.1) is 12.2 Å². The van der Waals surface area contributed by atoms with Crippen LogP contribution in [-0.2, 0) is 0 Å². The van der Waals surface area contributed by atoms with Gasteiger partial charge in [-0.1, -0.05) is 12.1 Å². The molecule has 0 aliphatic carbocycles. The van der Waals surface area contributed by atoms with Crippen molar-refractivity contribution in [1.29, 1.82) is 0 Å². The van der Waals surface area contributed by atoms with E-state index < -0.39 is 0 Å². The van der Waals surface area contributed by atoms with Crippen LogP contribution in [0.15, 0.2) is 24.3 Å². The average molecular weight is 228 g/mol. The van der Waals surface area contributed by atoms with Gasteiger partial charge in [-0.2, -0.15) is 0 Å². The van der Waals surface area contributed by atoms with Crippen molar-refractivity contribution >= 4 is 17.5 Å². The van der Waals surface area contributed by atoms with Crippen LogP contribution in [0, 0.1) is 0 Å². The SMILES string of the molecule is CCOc1ccccc1C(=O)NCCCl. The summed E-state index contributed by atoms with van der Waals surface area (Å²) in [6.07, 6.45) is 0. The smallest absolute Gasteiger partial charge is 0.255 e. The van der Waals surface area contributed by atoms with E-state index in [4.69, 9.17) is 16.3 Å². The van der Waals surface area contributed by atoms with E-state index in [9.17, 15) is 4.79 Å². The molecule has 82 valence electrons. The van der Waals surface area contributed by atoms with Crippen LogP contribution in [0.3, 0.4) is 0 Å². The summed E-state index contributed by atoms with van der Waals surface area (Å²) in [5.41, 5.74) is 0.546. The highest BCUT2D eigenvalue weighted by Crippen LogP contribution is 2.17. The van der Waals surface area contributed by atoms with Crippen molar-refractivity contribution in [2.24, 2.45) is 0 Å². The predicted octanol–water partition coefficient (Wildman–Crippen LogP) is 2.05. The van der Waals surface area contributed by atoms with E-state index in [1.165, 1.54) is 0 Å². The zero-order valence-corrected chi connectivity index (χ0v) is 9.38. The molecule has 0 saturated heterocycles. The normalized spacial score (nSPS) is 9.73. The molecule has 1 N–H and O–H groups in total. The van der Waals surface area contributed by atoms with Crippen molar-refractivity contribution in [2.45, 2.75) is 6.92 Å². The number of halogens is 1. The number of carbonyl (C=O) groups excluding carboxylic acids is 1. The maximum Gasteiger partial charge on any atom is 0.255 e. The van der Waals surface area contributed by atoms with E-state index >= 15 is 0 Å². The van der Waals surface area contributed by atoms with E-state index in [-0.39, 0.29) is 5.91 Å². The number of benzene rings is 1. The number of hydrogen-bond donors (Lipinski definition) is 1. The number of carbonyl (C=O) groups is 1. The van der Waals surface area contributed by atoms with Crippen molar-refractivity contribution in [3.63, 3.8) is 0 Å². The van der Waals surface area contributed by atoms with Crippen LogP contribution in [0.2, 0.25) is 0 Å². The van der Waals surface area contributed by atoms with E-state index in [0.717, 1.165) is 0 Å². The first kappa shape index (κ1) is 11.9. The Balaban J connectivity index is 2.77. The molecule has 4 heteroatoms. The summed E-state index contributed by atoms with van der Waals surface area (Å²) in [5.74, 6) is 0.856. The third kappa shape index (κ3) is 3.44. The first-order valence-electron chi connectivity index (χ1n) is 4.85. The number of rotatable bonds is 5. The largest absolute Gasteiger partial charge is 0.493 e. The molecule has 1 amide bonds. The lowest BCUT2D eigenvalue weighted by Crippen LogP contribution is -2.25. The summed E-state index contributed by atoms with van der Waals surface area (Å²) >= 11 is 5.49. The predicted molar refractivity (Wildman–Crippen MR) is 60.7 cm³/mol. The van der Waals surface area contributed by atoms with Gasteiger partial charge in [-0.3, -0.25) is 4.79 Å². The van der Waals surface area contributed by atoms with Crippen molar-refractivity contribution in [3.05, 3.63) is 29.8 Å². The van der Waals surface area contributed by atoms with Gasteiger partial charge in [0.25, 0.3) is 5.91 Å². The number of ether oxygens (including phenoxy) is 1. The Morgan fingerprint density at radius 2 is 2.20 bits per heavy atom. The van der Waals surface area contributed by atoms with Gasteiger partial charge < -0.3 is 10.1 Å². The maximum absolute atomic E-state index is 11.6. The minimum atomic E-state index is -0.153. The van der Waals surface area contributed by atoms with Gasteiger partial charge in [-0.25, -0.2) is 0 Å². The molecular formula is C11H14ClNO2. The minimum absolute atomic E-state index is 0.153.